The van der Waals surface area contributed by atoms with Crippen molar-refractivity contribution >= 4 is 29.1 Å². The normalized spacial score (nSPS) is 13.2. The number of ketones is 1. The number of anilines is 1. The molecule has 166 valence electrons. The number of amides is 1. The number of nitrogens with one attached hydrogen (secondary N) is 1. The number of pyridine rings is 1. The van der Waals surface area contributed by atoms with Crippen LogP contribution in [0, 0.1) is 11.3 Å². The molecule has 1 amide bonds. The largest absolute Gasteiger partial charge is 0.325 e. The van der Waals surface area contributed by atoms with Gasteiger partial charge < -0.3 is 5.32 Å². The average Bonchev–Trinajstić information content (AvgIpc) is 2.83. The molecule has 2 aromatic carbocycles. The van der Waals surface area contributed by atoms with Crippen LogP contribution in [-0.4, -0.2) is 22.4 Å². The van der Waals surface area contributed by atoms with Crippen molar-refractivity contribution in [3.05, 3.63) is 88.6 Å². The van der Waals surface area contributed by atoms with Crippen LogP contribution >= 0.6 is 11.8 Å². The lowest BCUT2D eigenvalue weighted by molar-refractivity contribution is -0.113. The fourth-order valence-corrected chi connectivity index (χ4v) is 4.79. The number of nitrogens with zero attached hydrogens (tertiary/aromatic N) is 2. The summed E-state index contributed by atoms with van der Waals surface area (Å²) >= 11 is 1.26. The number of nitriles is 1. The zero-order valence-electron chi connectivity index (χ0n) is 18.3. The lowest BCUT2D eigenvalue weighted by Crippen LogP contribution is -2.17. The number of carbonyl (C=O) groups is 2. The Balaban J connectivity index is 1.47. The highest BCUT2D eigenvalue weighted by molar-refractivity contribution is 8.00. The molecule has 1 aliphatic carbocycles. The maximum Gasteiger partial charge on any atom is 0.234 e. The van der Waals surface area contributed by atoms with Gasteiger partial charge in [0.15, 0.2) is 5.78 Å². The minimum absolute atomic E-state index is 0.105. The molecule has 4 rings (SSSR count). The first-order valence-corrected chi connectivity index (χ1v) is 12.2. The topological polar surface area (TPSA) is 82.8 Å². The van der Waals surface area contributed by atoms with Crippen LogP contribution < -0.4 is 5.32 Å². The molecule has 0 atom stereocenters. The maximum atomic E-state index is 12.9. The van der Waals surface area contributed by atoms with E-state index < -0.39 is 0 Å². The average molecular weight is 456 g/mol. The van der Waals surface area contributed by atoms with Gasteiger partial charge in [-0.25, -0.2) is 4.98 Å². The van der Waals surface area contributed by atoms with Crippen LogP contribution in [0.15, 0.2) is 65.7 Å². The van der Waals surface area contributed by atoms with E-state index in [1.54, 1.807) is 36.4 Å². The zero-order valence-corrected chi connectivity index (χ0v) is 19.2. The molecular weight excluding hydrogens is 430 g/mol. The third-order valence-corrected chi connectivity index (χ3v) is 6.70. The number of carbonyl (C=O) groups excluding carboxylic acids is 2. The van der Waals surface area contributed by atoms with Crippen molar-refractivity contribution in [2.45, 2.75) is 43.6 Å². The predicted molar refractivity (Wildman–Crippen MR) is 130 cm³/mol. The highest BCUT2D eigenvalue weighted by atomic mass is 32.2. The van der Waals surface area contributed by atoms with E-state index >= 15 is 0 Å². The fourth-order valence-electron chi connectivity index (χ4n) is 4.01. The lowest BCUT2D eigenvalue weighted by Gasteiger charge is -2.15. The molecule has 0 fully saturated rings. The molecule has 0 saturated heterocycles. The molecule has 0 radical (unpaired) electrons. The van der Waals surface area contributed by atoms with Crippen molar-refractivity contribution in [3.8, 4) is 6.07 Å². The summed E-state index contributed by atoms with van der Waals surface area (Å²) in [6.07, 6.45) is 6.50. The van der Waals surface area contributed by atoms with Crippen LogP contribution in [0.2, 0.25) is 0 Å². The van der Waals surface area contributed by atoms with Gasteiger partial charge in [-0.05, 0) is 49.4 Å². The van der Waals surface area contributed by atoms with E-state index in [-0.39, 0.29) is 17.4 Å². The number of aryl methyl sites for hydroxylation is 2. The minimum Gasteiger partial charge on any atom is -0.325 e. The molecule has 1 N–H and O–H groups in total. The van der Waals surface area contributed by atoms with Crippen molar-refractivity contribution in [2.75, 3.05) is 11.1 Å². The summed E-state index contributed by atoms with van der Waals surface area (Å²) in [4.78, 5) is 30.4. The fraction of sp³-hybridized carbons (Fsp3) is 0.259. The van der Waals surface area contributed by atoms with E-state index in [9.17, 15) is 14.9 Å². The second-order valence-corrected chi connectivity index (χ2v) is 9.01. The lowest BCUT2D eigenvalue weighted by atomic mass is 9.96. The Morgan fingerprint density at radius 3 is 2.48 bits per heavy atom. The molecule has 5 nitrogen and oxygen atoms in total. The SMILES string of the molecule is N#Cc1cc2c(nc1SCC(=O)Nc1ccccc1C(=O)c1ccccc1)CCCCCC2. The first-order valence-electron chi connectivity index (χ1n) is 11.2. The molecule has 0 saturated carbocycles. The number of fused-ring (bicyclic) bond motifs is 1. The number of aromatic nitrogens is 1. The number of hydrogen-bond donors (Lipinski definition) is 1. The molecule has 1 aliphatic rings. The third kappa shape index (κ3) is 5.68. The van der Waals surface area contributed by atoms with Crippen molar-refractivity contribution in [2.24, 2.45) is 0 Å². The van der Waals surface area contributed by atoms with E-state index in [1.807, 2.05) is 24.3 Å². The molecule has 0 aliphatic heterocycles. The summed E-state index contributed by atoms with van der Waals surface area (Å²) in [7, 11) is 0. The van der Waals surface area contributed by atoms with Gasteiger partial charge in [-0.1, -0.05) is 67.1 Å². The quantitative estimate of drug-likeness (QED) is 0.388. The van der Waals surface area contributed by atoms with Gasteiger partial charge in [-0.2, -0.15) is 5.26 Å². The Morgan fingerprint density at radius 1 is 0.970 bits per heavy atom. The van der Waals surface area contributed by atoms with Gasteiger partial charge in [0.05, 0.1) is 17.0 Å². The Morgan fingerprint density at radius 2 is 1.70 bits per heavy atom. The number of para-hydroxylation sites is 1. The number of rotatable bonds is 6. The molecule has 1 heterocycles. The van der Waals surface area contributed by atoms with Crippen molar-refractivity contribution in [3.63, 3.8) is 0 Å². The van der Waals surface area contributed by atoms with Gasteiger partial charge in [0.2, 0.25) is 5.91 Å². The van der Waals surface area contributed by atoms with Gasteiger partial charge in [0, 0.05) is 16.8 Å². The molecule has 3 aromatic rings. The van der Waals surface area contributed by atoms with Crippen LogP contribution in [0.3, 0.4) is 0 Å². The minimum atomic E-state index is -0.245. The van der Waals surface area contributed by atoms with Crippen LogP contribution in [0.5, 0.6) is 0 Å². The van der Waals surface area contributed by atoms with Gasteiger partial charge in [-0.3, -0.25) is 9.59 Å². The summed E-state index contributed by atoms with van der Waals surface area (Å²) in [5, 5.41) is 13.1. The first-order chi connectivity index (χ1) is 16.2. The summed E-state index contributed by atoms with van der Waals surface area (Å²) in [5.74, 6) is -0.283. The van der Waals surface area contributed by atoms with E-state index in [4.69, 9.17) is 4.98 Å². The first kappa shape index (κ1) is 22.8. The third-order valence-electron chi connectivity index (χ3n) is 5.71. The second-order valence-electron chi connectivity index (χ2n) is 8.05. The standard InChI is InChI=1S/C27H25N3O2S/c28-17-21-16-20-12-4-1-2-7-14-23(20)30-27(21)33-18-25(31)29-24-15-9-8-13-22(24)26(32)19-10-5-3-6-11-19/h3,5-6,8-11,13,15-16H,1-2,4,7,12,14,18H2,(H,29,31). The predicted octanol–water partition coefficient (Wildman–Crippen LogP) is 5.57. The molecule has 0 unspecified atom stereocenters. The van der Waals surface area contributed by atoms with Crippen LogP contribution in [0.25, 0.3) is 0 Å². The van der Waals surface area contributed by atoms with E-state index in [1.165, 1.54) is 24.6 Å². The molecular formula is C27H25N3O2S. The Hall–Kier alpha value is -3.43. The zero-order chi connectivity index (χ0) is 23.0. The summed E-state index contributed by atoms with van der Waals surface area (Å²) < 4.78 is 0. The van der Waals surface area contributed by atoms with E-state index in [2.05, 4.69) is 11.4 Å². The maximum absolute atomic E-state index is 12.9. The smallest absolute Gasteiger partial charge is 0.234 e. The summed E-state index contributed by atoms with van der Waals surface area (Å²) in [6.45, 7) is 0. The monoisotopic (exact) mass is 455 g/mol. The Kier molecular flexibility index (Phi) is 7.54. The van der Waals surface area contributed by atoms with Crippen LogP contribution in [0.1, 0.15) is 58.4 Å². The molecule has 33 heavy (non-hydrogen) atoms. The highest BCUT2D eigenvalue weighted by Crippen LogP contribution is 2.27. The highest BCUT2D eigenvalue weighted by Gasteiger charge is 2.17. The van der Waals surface area contributed by atoms with Crippen molar-refractivity contribution in [1.29, 1.82) is 5.26 Å². The number of benzene rings is 2. The van der Waals surface area contributed by atoms with Crippen molar-refractivity contribution < 1.29 is 9.59 Å². The molecule has 0 bridgehead atoms. The summed E-state index contributed by atoms with van der Waals surface area (Å²) in [5.41, 5.74) is 4.22. The summed E-state index contributed by atoms with van der Waals surface area (Å²) in [6, 6.07) is 20.2. The van der Waals surface area contributed by atoms with Gasteiger partial charge >= 0.3 is 0 Å². The molecule has 0 spiro atoms. The van der Waals surface area contributed by atoms with Crippen LogP contribution in [-0.2, 0) is 17.6 Å². The number of thioether (sulfide) groups is 1. The van der Waals surface area contributed by atoms with E-state index in [0.717, 1.165) is 36.9 Å². The van der Waals surface area contributed by atoms with Gasteiger partial charge in [0.1, 0.15) is 11.1 Å². The second kappa shape index (κ2) is 10.9. The van der Waals surface area contributed by atoms with Gasteiger partial charge in [0.25, 0.3) is 0 Å². The van der Waals surface area contributed by atoms with Crippen LogP contribution in [0.4, 0.5) is 5.69 Å². The number of hydrogen-bond acceptors (Lipinski definition) is 5. The van der Waals surface area contributed by atoms with Gasteiger partial charge in [-0.15, -0.1) is 0 Å². The molecule has 1 aromatic heterocycles. The Labute approximate surface area is 198 Å². The molecule has 6 heteroatoms. The van der Waals surface area contributed by atoms with Crippen molar-refractivity contribution in [1.82, 2.24) is 4.98 Å². The Bertz CT molecular complexity index is 1200. The van der Waals surface area contributed by atoms with E-state index in [0.29, 0.717) is 27.4 Å².